The molecule has 0 N–H and O–H groups in total. The minimum atomic E-state index is -0.371. The van der Waals surface area contributed by atoms with Crippen LogP contribution >= 0.6 is 0 Å². The van der Waals surface area contributed by atoms with Gasteiger partial charge in [-0.15, -0.1) is 0 Å². The maximum absolute atomic E-state index is 6.23. The van der Waals surface area contributed by atoms with Crippen molar-refractivity contribution in [2.75, 3.05) is 31.2 Å². The molecule has 132 valence electrons. The highest BCUT2D eigenvalue weighted by Gasteiger charge is 2.52. The first kappa shape index (κ1) is 16.8. The third kappa shape index (κ3) is 2.92. The van der Waals surface area contributed by atoms with Crippen molar-refractivity contribution in [3.05, 3.63) is 30.5 Å². The zero-order valence-corrected chi connectivity index (χ0v) is 15.4. The number of fused-ring (bicyclic) bond motifs is 1. The average Bonchev–Trinajstić information content (AvgIpc) is 2.82. The minimum absolute atomic E-state index is 0.346. The monoisotopic (exact) mass is 340 g/mol. The van der Waals surface area contributed by atoms with Gasteiger partial charge in [0.2, 0.25) is 0 Å². The fourth-order valence-corrected chi connectivity index (χ4v) is 3.32. The molecule has 2 fully saturated rings. The first-order chi connectivity index (χ1) is 11.9. The summed E-state index contributed by atoms with van der Waals surface area (Å²) in [5.41, 5.74) is 0.347. The van der Waals surface area contributed by atoms with Crippen LogP contribution in [0.15, 0.2) is 30.5 Å². The number of benzene rings is 1. The predicted molar refractivity (Wildman–Crippen MR) is 100 cm³/mol. The second-order valence-electron chi connectivity index (χ2n) is 7.80. The van der Waals surface area contributed by atoms with Gasteiger partial charge in [0, 0.05) is 19.3 Å². The van der Waals surface area contributed by atoms with Crippen LogP contribution in [-0.4, -0.2) is 49.6 Å². The molecule has 0 bridgehead atoms. The molecule has 2 aromatic rings. The quantitative estimate of drug-likeness (QED) is 0.786. The summed E-state index contributed by atoms with van der Waals surface area (Å²) in [7, 11) is -0.371. The summed E-state index contributed by atoms with van der Waals surface area (Å²) in [5, 5.41) is 2.24. The number of morpholine rings is 1. The van der Waals surface area contributed by atoms with Crippen LogP contribution in [0.4, 0.5) is 5.82 Å². The summed E-state index contributed by atoms with van der Waals surface area (Å²) in [4.78, 5) is 6.96. The zero-order valence-electron chi connectivity index (χ0n) is 15.4. The van der Waals surface area contributed by atoms with Gasteiger partial charge in [-0.3, -0.25) is 0 Å². The molecule has 2 aliphatic rings. The number of rotatable bonds is 2. The lowest BCUT2D eigenvalue weighted by molar-refractivity contribution is 0.00578. The third-order valence-electron chi connectivity index (χ3n) is 5.63. The van der Waals surface area contributed by atoms with E-state index in [0.29, 0.717) is 0 Å². The van der Waals surface area contributed by atoms with Crippen LogP contribution in [0.2, 0.25) is 0 Å². The number of nitrogens with zero attached hydrogens (tertiary/aromatic N) is 2. The van der Waals surface area contributed by atoms with Crippen LogP contribution in [0.1, 0.15) is 27.7 Å². The SMILES string of the molecule is CC1(C)OB(c2cccc3cc(N4CCOCC4)ncc23)OC1(C)C. The van der Waals surface area contributed by atoms with Crippen molar-refractivity contribution in [3.63, 3.8) is 0 Å². The van der Waals surface area contributed by atoms with E-state index < -0.39 is 0 Å². The lowest BCUT2D eigenvalue weighted by atomic mass is 9.76. The summed E-state index contributed by atoms with van der Waals surface area (Å²) in [6, 6.07) is 8.40. The van der Waals surface area contributed by atoms with Gasteiger partial charge in [0.25, 0.3) is 0 Å². The lowest BCUT2D eigenvalue weighted by Gasteiger charge is -2.32. The highest BCUT2D eigenvalue weighted by molar-refractivity contribution is 6.65. The molecule has 0 saturated carbocycles. The minimum Gasteiger partial charge on any atom is -0.399 e. The zero-order chi connectivity index (χ0) is 17.7. The predicted octanol–water partition coefficient (Wildman–Crippen LogP) is 2.37. The Balaban J connectivity index is 1.69. The second kappa shape index (κ2) is 5.97. The Bertz CT molecular complexity index is 771. The number of pyridine rings is 1. The molecule has 0 spiro atoms. The Morgan fingerprint density at radius 1 is 1.04 bits per heavy atom. The van der Waals surface area contributed by atoms with Gasteiger partial charge in [-0.2, -0.15) is 0 Å². The molecule has 6 heteroatoms. The normalized spacial score (nSPS) is 22.6. The molecule has 1 aromatic heterocycles. The van der Waals surface area contributed by atoms with E-state index in [2.05, 4.69) is 56.9 Å². The first-order valence-corrected chi connectivity index (χ1v) is 8.94. The number of ether oxygens (including phenoxy) is 1. The van der Waals surface area contributed by atoms with Crippen molar-refractivity contribution in [2.24, 2.45) is 0 Å². The average molecular weight is 340 g/mol. The Morgan fingerprint density at radius 2 is 1.72 bits per heavy atom. The van der Waals surface area contributed by atoms with E-state index in [4.69, 9.17) is 19.0 Å². The van der Waals surface area contributed by atoms with Gasteiger partial charge in [0.05, 0.1) is 24.4 Å². The van der Waals surface area contributed by atoms with Crippen LogP contribution < -0.4 is 10.4 Å². The van der Waals surface area contributed by atoms with Crippen molar-refractivity contribution in [2.45, 2.75) is 38.9 Å². The molecule has 5 nitrogen and oxygen atoms in total. The van der Waals surface area contributed by atoms with Crippen LogP contribution in [-0.2, 0) is 14.0 Å². The van der Waals surface area contributed by atoms with E-state index in [9.17, 15) is 0 Å². The van der Waals surface area contributed by atoms with E-state index >= 15 is 0 Å². The highest BCUT2D eigenvalue weighted by Crippen LogP contribution is 2.37. The molecule has 0 aliphatic carbocycles. The van der Waals surface area contributed by atoms with Crippen LogP contribution in [0.25, 0.3) is 10.8 Å². The molecule has 0 amide bonds. The van der Waals surface area contributed by atoms with Gasteiger partial charge in [-0.25, -0.2) is 4.98 Å². The van der Waals surface area contributed by atoms with Crippen molar-refractivity contribution in [1.29, 1.82) is 0 Å². The maximum atomic E-state index is 6.23. The fourth-order valence-electron chi connectivity index (χ4n) is 3.32. The largest absolute Gasteiger partial charge is 0.495 e. The molecule has 1 aromatic carbocycles. The summed E-state index contributed by atoms with van der Waals surface area (Å²) in [6.07, 6.45) is 1.94. The molecule has 2 saturated heterocycles. The molecule has 4 rings (SSSR count). The van der Waals surface area contributed by atoms with Gasteiger partial charge < -0.3 is 18.9 Å². The van der Waals surface area contributed by atoms with E-state index in [1.807, 2.05) is 6.20 Å². The maximum Gasteiger partial charge on any atom is 0.495 e. The molecular weight excluding hydrogens is 315 g/mol. The van der Waals surface area contributed by atoms with Crippen molar-refractivity contribution < 1.29 is 14.0 Å². The smallest absolute Gasteiger partial charge is 0.399 e. The second-order valence-corrected chi connectivity index (χ2v) is 7.80. The first-order valence-electron chi connectivity index (χ1n) is 8.94. The molecular formula is C19H25BN2O3. The van der Waals surface area contributed by atoms with Crippen molar-refractivity contribution in [1.82, 2.24) is 4.98 Å². The Kier molecular flexibility index (Phi) is 4.02. The van der Waals surface area contributed by atoms with Crippen LogP contribution in [0.5, 0.6) is 0 Å². The van der Waals surface area contributed by atoms with E-state index in [-0.39, 0.29) is 18.3 Å². The van der Waals surface area contributed by atoms with Gasteiger partial charge in [-0.1, -0.05) is 18.2 Å². The number of hydrogen-bond acceptors (Lipinski definition) is 5. The van der Waals surface area contributed by atoms with Crippen LogP contribution in [0.3, 0.4) is 0 Å². The number of hydrogen-bond donors (Lipinski definition) is 0. The third-order valence-corrected chi connectivity index (χ3v) is 5.63. The van der Waals surface area contributed by atoms with E-state index in [1.54, 1.807) is 0 Å². The molecule has 0 unspecified atom stereocenters. The molecule has 0 radical (unpaired) electrons. The van der Waals surface area contributed by atoms with Crippen molar-refractivity contribution >= 4 is 29.2 Å². The summed E-state index contributed by atoms with van der Waals surface area (Å²) in [5.74, 6) is 1.00. The molecule has 2 aliphatic heterocycles. The topological polar surface area (TPSA) is 43.8 Å². The van der Waals surface area contributed by atoms with Gasteiger partial charge in [-0.05, 0) is 50.0 Å². The van der Waals surface area contributed by atoms with Crippen LogP contribution in [0, 0.1) is 0 Å². The molecule has 3 heterocycles. The standard InChI is InChI=1S/C19H25BN2O3/c1-18(2)19(3,4)25-20(24-18)16-7-5-6-14-12-17(21-13-15(14)16)22-8-10-23-11-9-22/h5-7,12-13H,8-11H2,1-4H3. The number of aromatic nitrogens is 1. The van der Waals surface area contributed by atoms with E-state index in [0.717, 1.165) is 48.4 Å². The number of anilines is 1. The van der Waals surface area contributed by atoms with Gasteiger partial charge in [0.1, 0.15) is 5.82 Å². The molecule has 25 heavy (non-hydrogen) atoms. The Morgan fingerprint density at radius 3 is 2.40 bits per heavy atom. The summed E-state index contributed by atoms with van der Waals surface area (Å²) in [6.45, 7) is 11.6. The summed E-state index contributed by atoms with van der Waals surface area (Å²) < 4.78 is 17.9. The lowest BCUT2D eigenvalue weighted by Crippen LogP contribution is -2.41. The fraction of sp³-hybridized carbons (Fsp3) is 0.526. The summed E-state index contributed by atoms with van der Waals surface area (Å²) >= 11 is 0. The Labute approximate surface area is 149 Å². The van der Waals surface area contributed by atoms with E-state index in [1.165, 1.54) is 0 Å². The highest BCUT2D eigenvalue weighted by atomic mass is 16.7. The van der Waals surface area contributed by atoms with Gasteiger partial charge in [0.15, 0.2) is 0 Å². The van der Waals surface area contributed by atoms with Gasteiger partial charge >= 0.3 is 7.12 Å². The molecule has 0 atom stereocenters. The van der Waals surface area contributed by atoms with Crippen molar-refractivity contribution in [3.8, 4) is 0 Å². The Hall–Kier alpha value is -1.63.